The summed E-state index contributed by atoms with van der Waals surface area (Å²) in [5, 5.41) is 17.2. The van der Waals surface area contributed by atoms with Crippen LogP contribution in [0, 0.1) is 5.92 Å². The van der Waals surface area contributed by atoms with Crippen LogP contribution in [0.15, 0.2) is 30.3 Å². The molecule has 0 aliphatic carbocycles. The summed E-state index contributed by atoms with van der Waals surface area (Å²) in [5.74, 6) is -2.08. The maximum atomic E-state index is 12.8. The van der Waals surface area contributed by atoms with E-state index in [9.17, 15) is 14.7 Å². The van der Waals surface area contributed by atoms with Crippen LogP contribution in [0.2, 0.25) is 5.02 Å². The Hall–Kier alpha value is -2.34. The van der Waals surface area contributed by atoms with Gasteiger partial charge >= 0.3 is 5.97 Å². The van der Waals surface area contributed by atoms with Crippen molar-refractivity contribution in [3.05, 3.63) is 52.3 Å². The van der Waals surface area contributed by atoms with Crippen molar-refractivity contribution >= 4 is 23.5 Å². The normalized spacial score (nSPS) is 20.4. The molecule has 2 heterocycles. The van der Waals surface area contributed by atoms with Crippen LogP contribution in [-0.4, -0.2) is 45.2 Å². The molecule has 1 fully saturated rings. The summed E-state index contributed by atoms with van der Waals surface area (Å²) in [4.78, 5) is 26.1. The number of nitrogens with zero attached hydrogens (tertiary/aromatic N) is 2. The maximum Gasteiger partial charge on any atom is 0.308 e. The molecular weight excluding hydrogens is 354 g/mol. The molecule has 2 aromatic rings. The molecule has 0 spiro atoms. The third-order valence-corrected chi connectivity index (χ3v) is 5.08. The second kappa shape index (κ2) is 6.76. The number of aliphatic carboxylic acids is 1. The standard InChI is InChI=1S/C19H22ClN3O3/c1-19(2,3)16-8-15(21-22-16)17(24)23-9-13(14(10-23)18(25)26)11-4-6-12(20)7-5-11/h4-8,13-14H,9-10H2,1-3H3,(H,21,22)(H,25,26)/t13-,14+/m0/s1. The van der Waals surface area contributed by atoms with Gasteiger partial charge in [0.15, 0.2) is 0 Å². The van der Waals surface area contributed by atoms with E-state index >= 15 is 0 Å². The molecule has 0 saturated carbocycles. The number of nitrogens with one attached hydrogen (secondary N) is 1. The minimum Gasteiger partial charge on any atom is -0.481 e. The highest BCUT2D eigenvalue weighted by Crippen LogP contribution is 2.34. The Bertz CT molecular complexity index is 823. The zero-order chi connectivity index (χ0) is 19.1. The second-order valence-electron chi connectivity index (χ2n) is 7.73. The molecule has 26 heavy (non-hydrogen) atoms. The average molecular weight is 376 g/mol. The fourth-order valence-corrected chi connectivity index (χ4v) is 3.37. The number of H-pyrrole nitrogens is 1. The van der Waals surface area contributed by atoms with Gasteiger partial charge in [-0.05, 0) is 23.8 Å². The molecule has 0 bridgehead atoms. The SMILES string of the molecule is CC(C)(C)c1cc(C(=O)N2C[C@@H](C(=O)O)[C@H](c3ccc(Cl)cc3)C2)n[nH]1. The number of hydrogen-bond acceptors (Lipinski definition) is 3. The minimum atomic E-state index is -0.905. The molecule has 1 saturated heterocycles. The Kier molecular flexibility index (Phi) is 4.80. The molecule has 0 unspecified atom stereocenters. The number of hydrogen-bond donors (Lipinski definition) is 2. The van der Waals surface area contributed by atoms with Crippen LogP contribution in [0.1, 0.15) is 48.4 Å². The van der Waals surface area contributed by atoms with E-state index in [4.69, 9.17) is 11.6 Å². The predicted octanol–water partition coefficient (Wildman–Crippen LogP) is 3.30. The minimum absolute atomic E-state index is 0.147. The van der Waals surface area contributed by atoms with E-state index in [1.165, 1.54) is 0 Å². The van der Waals surface area contributed by atoms with Gasteiger partial charge in [0.1, 0.15) is 5.69 Å². The first-order valence-electron chi connectivity index (χ1n) is 8.50. The first-order valence-corrected chi connectivity index (χ1v) is 8.88. The molecule has 3 rings (SSSR count). The first-order chi connectivity index (χ1) is 12.2. The topological polar surface area (TPSA) is 86.3 Å². The number of carboxylic acid groups (broad SMARTS) is 1. The summed E-state index contributed by atoms with van der Waals surface area (Å²) in [6.07, 6.45) is 0. The van der Waals surface area contributed by atoms with Gasteiger partial charge in [-0.25, -0.2) is 0 Å². The lowest BCUT2D eigenvalue weighted by Crippen LogP contribution is -2.30. The molecule has 1 aliphatic heterocycles. The molecule has 138 valence electrons. The van der Waals surface area contributed by atoms with E-state index in [1.807, 2.05) is 32.9 Å². The van der Waals surface area contributed by atoms with Crippen molar-refractivity contribution in [1.29, 1.82) is 0 Å². The van der Waals surface area contributed by atoms with Crippen molar-refractivity contribution in [1.82, 2.24) is 15.1 Å². The number of carbonyl (C=O) groups is 2. The number of aromatic nitrogens is 2. The van der Waals surface area contributed by atoms with E-state index in [1.54, 1.807) is 23.1 Å². The lowest BCUT2D eigenvalue weighted by molar-refractivity contribution is -0.141. The van der Waals surface area contributed by atoms with Gasteiger partial charge in [-0.1, -0.05) is 44.5 Å². The molecule has 1 aliphatic rings. The van der Waals surface area contributed by atoms with Crippen molar-refractivity contribution in [3.8, 4) is 0 Å². The Morgan fingerprint density at radius 3 is 2.42 bits per heavy atom. The van der Waals surface area contributed by atoms with Crippen LogP contribution >= 0.6 is 11.6 Å². The predicted molar refractivity (Wildman–Crippen MR) is 98.5 cm³/mol. The summed E-state index contributed by atoms with van der Waals surface area (Å²) in [6, 6.07) is 8.87. The lowest BCUT2D eigenvalue weighted by Gasteiger charge is -2.16. The lowest BCUT2D eigenvalue weighted by atomic mass is 9.89. The fourth-order valence-electron chi connectivity index (χ4n) is 3.25. The molecule has 7 heteroatoms. The first kappa shape index (κ1) is 18.5. The van der Waals surface area contributed by atoms with Gasteiger partial charge in [-0.2, -0.15) is 5.10 Å². The zero-order valence-corrected chi connectivity index (χ0v) is 15.7. The molecule has 1 aromatic carbocycles. The van der Waals surface area contributed by atoms with Crippen LogP contribution < -0.4 is 0 Å². The van der Waals surface area contributed by atoms with Gasteiger partial charge in [-0.3, -0.25) is 14.7 Å². The van der Waals surface area contributed by atoms with E-state index in [0.717, 1.165) is 11.3 Å². The van der Waals surface area contributed by atoms with Crippen molar-refractivity contribution in [2.24, 2.45) is 5.92 Å². The van der Waals surface area contributed by atoms with Crippen LogP contribution in [0.5, 0.6) is 0 Å². The van der Waals surface area contributed by atoms with Crippen LogP contribution in [0.25, 0.3) is 0 Å². The molecule has 2 N–H and O–H groups in total. The maximum absolute atomic E-state index is 12.8. The monoisotopic (exact) mass is 375 g/mol. The summed E-state index contributed by atoms with van der Waals surface area (Å²) < 4.78 is 0. The molecular formula is C19H22ClN3O3. The number of aromatic amines is 1. The number of benzene rings is 1. The van der Waals surface area contributed by atoms with E-state index < -0.39 is 11.9 Å². The summed E-state index contributed by atoms with van der Waals surface area (Å²) in [7, 11) is 0. The van der Waals surface area contributed by atoms with Gasteiger partial charge in [0, 0.05) is 35.1 Å². The Labute approximate surface area is 157 Å². The second-order valence-corrected chi connectivity index (χ2v) is 8.17. The molecule has 6 nitrogen and oxygen atoms in total. The van der Waals surface area contributed by atoms with Gasteiger partial charge in [0.2, 0.25) is 0 Å². The van der Waals surface area contributed by atoms with E-state index in [-0.39, 0.29) is 23.8 Å². The quantitative estimate of drug-likeness (QED) is 0.861. The van der Waals surface area contributed by atoms with Crippen molar-refractivity contribution in [3.63, 3.8) is 0 Å². The van der Waals surface area contributed by atoms with Crippen molar-refractivity contribution in [2.45, 2.75) is 32.1 Å². The zero-order valence-electron chi connectivity index (χ0n) is 15.0. The van der Waals surface area contributed by atoms with Crippen LogP contribution in [-0.2, 0) is 10.2 Å². The largest absolute Gasteiger partial charge is 0.481 e. The van der Waals surface area contributed by atoms with Gasteiger partial charge in [0.25, 0.3) is 5.91 Å². The average Bonchev–Trinajstić information content (AvgIpc) is 3.22. The van der Waals surface area contributed by atoms with E-state index in [0.29, 0.717) is 17.3 Å². The Morgan fingerprint density at radius 1 is 1.23 bits per heavy atom. The van der Waals surface area contributed by atoms with E-state index in [2.05, 4.69) is 10.2 Å². The number of carbonyl (C=O) groups excluding carboxylic acids is 1. The molecule has 1 aromatic heterocycles. The van der Waals surface area contributed by atoms with Gasteiger partial charge < -0.3 is 10.0 Å². The smallest absolute Gasteiger partial charge is 0.308 e. The number of likely N-dealkylation sites (tertiary alicyclic amines) is 1. The molecule has 0 radical (unpaired) electrons. The summed E-state index contributed by atoms with van der Waals surface area (Å²) >= 11 is 5.92. The third-order valence-electron chi connectivity index (χ3n) is 4.83. The number of rotatable bonds is 3. The van der Waals surface area contributed by atoms with Crippen molar-refractivity contribution < 1.29 is 14.7 Å². The van der Waals surface area contributed by atoms with Crippen LogP contribution in [0.3, 0.4) is 0 Å². The highest BCUT2D eigenvalue weighted by Gasteiger charge is 2.41. The fraction of sp³-hybridized carbons (Fsp3) is 0.421. The molecule has 2 atom stereocenters. The number of carboxylic acids is 1. The van der Waals surface area contributed by atoms with Crippen LogP contribution in [0.4, 0.5) is 0 Å². The number of halogens is 1. The Balaban J connectivity index is 1.83. The summed E-state index contributed by atoms with van der Waals surface area (Å²) in [6.45, 7) is 6.60. The molecule has 1 amide bonds. The van der Waals surface area contributed by atoms with Gasteiger partial charge in [-0.15, -0.1) is 0 Å². The third kappa shape index (κ3) is 3.60. The number of amides is 1. The summed E-state index contributed by atoms with van der Waals surface area (Å²) in [5.41, 5.74) is 1.90. The highest BCUT2D eigenvalue weighted by atomic mass is 35.5. The van der Waals surface area contributed by atoms with Gasteiger partial charge in [0.05, 0.1) is 5.92 Å². The Morgan fingerprint density at radius 2 is 1.88 bits per heavy atom. The van der Waals surface area contributed by atoms with Crippen molar-refractivity contribution in [2.75, 3.05) is 13.1 Å². The highest BCUT2D eigenvalue weighted by molar-refractivity contribution is 6.30.